The Balaban J connectivity index is 1.95. The Hall–Kier alpha value is -0.770. The van der Waals surface area contributed by atoms with Gasteiger partial charge in [-0.1, -0.05) is 0 Å². The van der Waals surface area contributed by atoms with Gasteiger partial charge >= 0.3 is 6.09 Å². The van der Waals surface area contributed by atoms with Crippen LogP contribution in [0.2, 0.25) is 0 Å². The van der Waals surface area contributed by atoms with Gasteiger partial charge in [-0.25, -0.2) is 4.79 Å². The summed E-state index contributed by atoms with van der Waals surface area (Å²) in [5, 5.41) is 12.5. The van der Waals surface area contributed by atoms with Crippen molar-refractivity contribution in [3.63, 3.8) is 0 Å². The van der Waals surface area contributed by atoms with Gasteiger partial charge in [0.2, 0.25) is 0 Å². The SMILES string of the molecule is CC(C)(C)OC(=O)NC(CO)C12CCC(CC1)C2. The van der Waals surface area contributed by atoms with E-state index < -0.39 is 11.7 Å². The van der Waals surface area contributed by atoms with Gasteiger partial charge in [0.25, 0.3) is 0 Å². The summed E-state index contributed by atoms with van der Waals surface area (Å²) in [7, 11) is 0. The average molecular weight is 255 g/mol. The maximum Gasteiger partial charge on any atom is 0.407 e. The minimum absolute atomic E-state index is 0.00592. The van der Waals surface area contributed by atoms with Crippen LogP contribution >= 0.6 is 0 Å². The lowest BCUT2D eigenvalue weighted by atomic mass is 9.77. The Morgan fingerprint density at radius 1 is 1.44 bits per heavy atom. The molecule has 4 nitrogen and oxygen atoms in total. The largest absolute Gasteiger partial charge is 0.444 e. The standard InChI is InChI=1S/C14H25NO3/c1-13(2,3)18-12(17)15-11(9-16)14-6-4-10(8-14)5-7-14/h10-11,16H,4-9H2,1-3H3,(H,15,17). The van der Waals surface area contributed by atoms with E-state index in [1.54, 1.807) is 0 Å². The van der Waals surface area contributed by atoms with Crippen molar-refractivity contribution in [1.82, 2.24) is 5.32 Å². The molecule has 0 radical (unpaired) electrons. The summed E-state index contributed by atoms with van der Waals surface area (Å²) in [6, 6.07) is -0.153. The third-order valence-corrected chi connectivity index (χ3v) is 4.41. The Bertz CT molecular complexity index is 313. The van der Waals surface area contributed by atoms with Crippen molar-refractivity contribution in [3.05, 3.63) is 0 Å². The topological polar surface area (TPSA) is 58.6 Å². The van der Waals surface area contributed by atoms with Crippen LogP contribution in [0.3, 0.4) is 0 Å². The zero-order chi connectivity index (χ0) is 13.4. The number of rotatable bonds is 3. The molecular weight excluding hydrogens is 230 g/mol. The van der Waals surface area contributed by atoms with Gasteiger partial charge in [0.15, 0.2) is 0 Å². The van der Waals surface area contributed by atoms with Gasteiger partial charge < -0.3 is 15.2 Å². The summed E-state index contributed by atoms with van der Waals surface area (Å²) in [4.78, 5) is 11.8. The van der Waals surface area contributed by atoms with Gasteiger partial charge in [0, 0.05) is 0 Å². The van der Waals surface area contributed by atoms with E-state index >= 15 is 0 Å². The number of carbonyl (C=O) groups is 1. The second-order valence-electron chi connectivity index (χ2n) is 6.89. The molecule has 0 aliphatic heterocycles. The molecule has 2 rings (SSSR count). The highest BCUT2D eigenvalue weighted by Crippen LogP contribution is 2.55. The number of amides is 1. The van der Waals surface area contributed by atoms with Crippen molar-refractivity contribution in [2.45, 2.75) is 64.5 Å². The summed E-state index contributed by atoms with van der Waals surface area (Å²) in [5.41, 5.74) is -0.369. The normalized spacial score (nSPS) is 32.3. The van der Waals surface area contributed by atoms with Gasteiger partial charge in [0.1, 0.15) is 5.60 Å². The summed E-state index contributed by atoms with van der Waals surface area (Å²) in [6.07, 6.45) is 5.47. The number of carbonyl (C=O) groups excluding carboxylic acids is 1. The fourth-order valence-electron chi connectivity index (χ4n) is 3.57. The third kappa shape index (κ3) is 2.79. The van der Waals surface area contributed by atoms with E-state index in [0.717, 1.165) is 25.2 Å². The van der Waals surface area contributed by atoms with Gasteiger partial charge in [-0.15, -0.1) is 0 Å². The smallest absolute Gasteiger partial charge is 0.407 e. The highest BCUT2D eigenvalue weighted by atomic mass is 16.6. The first-order chi connectivity index (χ1) is 8.35. The fraction of sp³-hybridized carbons (Fsp3) is 0.929. The minimum Gasteiger partial charge on any atom is -0.444 e. The van der Waals surface area contributed by atoms with Crippen molar-refractivity contribution in [2.75, 3.05) is 6.61 Å². The van der Waals surface area contributed by atoms with Crippen LogP contribution in [-0.4, -0.2) is 29.4 Å². The van der Waals surface area contributed by atoms with Gasteiger partial charge in [-0.3, -0.25) is 0 Å². The molecule has 0 spiro atoms. The molecule has 2 saturated carbocycles. The Morgan fingerprint density at radius 2 is 2.06 bits per heavy atom. The van der Waals surface area contributed by atoms with Crippen LogP contribution < -0.4 is 5.32 Å². The van der Waals surface area contributed by atoms with Gasteiger partial charge in [-0.2, -0.15) is 0 Å². The van der Waals surface area contributed by atoms with E-state index in [2.05, 4.69) is 5.32 Å². The fourth-order valence-corrected chi connectivity index (χ4v) is 3.57. The predicted octanol–water partition coefficient (Wildman–Crippen LogP) is 2.45. The zero-order valence-corrected chi connectivity index (χ0v) is 11.7. The van der Waals surface area contributed by atoms with Crippen LogP contribution in [0.25, 0.3) is 0 Å². The lowest BCUT2D eigenvalue weighted by Gasteiger charge is -2.35. The second kappa shape index (κ2) is 4.72. The Kier molecular flexibility index (Phi) is 3.58. The number of hydrogen-bond donors (Lipinski definition) is 2. The first-order valence-corrected chi connectivity index (χ1v) is 6.95. The van der Waals surface area contributed by atoms with Crippen LogP contribution in [0.5, 0.6) is 0 Å². The quantitative estimate of drug-likeness (QED) is 0.814. The van der Waals surface area contributed by atoms with Crippen LogP contribution in [0.1, 0.15) is 52.9 Å². The maximum atomic E-state index is 11.8. The molecule has 2 N–H and O–H groups in total. The molecule has 4 heteroatoms. The molecule has 104 valence electrons. The van der Waals surface area contributed by atoms with Crippen LogP contribution in [0.4, 0.5) is 4.79 Å². The van der Waals surface area contributed by atoms with Crippen molar-refractivity contribution in [3.8, 4) is 0 Å². The average Bonchev–Trinajstić information content (AvgIpc) is 2.84. The zero-order valence-electron chi connectivity index (χ0n) is 11.7. The van der Waals surface area contributed by atoms with Gasteiger partial charge in [0.05, 0.1) is 12.6 Å². The summed E-state index contributed by atoms with van der Waals surface area (Å²) in [5.74, 6) is 0.805. The molecule has 0 aromatic rings. The van der Waals surface area contributed by atoms with Gasteiger partial charge in [-0.05, 0) is 64.2 Å². The van der Waals surface area contributed by atoms with Crippen molar-refractivity contribution in [2.24, 2.45) is 11.3 Å². The van der Waals surface area contributed by atoms with E-state index in [4.69, 9.17) is 4.74 Å². The molecule has 18 heavy (non-hydrogen) atoms. The second-order valence-corrected chi connectivity index (χ2v) is 6.89. The Labute approximate surface area is 109 Å². The highest BCUT2D eigenvalue weighted by molar-refractivity contribution is 5.68. The predicted molar refractivity (Wildman–Crippen MR) is 69.3 cm³/mol. The number of alkyl carbamates (subject to hydrolysis) is 1. The molecule has 1 unspecified atom stereocenters. The van der Waals surface area contributed by atoms with Crippen LogP contribution in [-0.2, 0) is 4.74 Å². The Morgan fingerprint density at radius 3 is 2.44 bits per heavy atom. The van der Waals surface area contributed by atoms with Crippen LogP contribution in [0, 0.1) is 11.3 Å². The number of hydrogen-bond acceptors (Lipinski definition) is 3. The maximum absolute atomic E-state index is 11.8. The molecule has 0 saturated heterocycles. The third-order valence-electron chi connectivity index (χ3n) is 4.41. The number of nitrogens with one attached hydrogen (secondary N) is 1. The van der Waals surface area contributed by atoms with Crippen LogP contribution in [0.15, 0.2) is 0 Å². The molecule has 2 fully saturated rings. The van der Waals surface area contributed by atoms with Crippen molar-refractivity contribution >= 4 is 6.09 Å². The molecule has 1 atom stereocenters. The summed E-state index contributed by atoms with van der Waals surface area (Å²) in [6.45, 7) is 5.55. The minimum atomic E-state index is -0.490. The van der Waals surface area contributed by atoms with E-state index in [9.17, 15) is 9.90 Å². The lowest BCUT2D eigenvalue weighted by Crippen LogP contribution is -2.49. The van der Waals surface area contributed by atoms with E-state index in [1.165, 1.54) is 12.8 Å². The van der Waals surface area contributed by atoms with Crippen molar-refractivity contribution in [1.29, 1.82) is 0 Å². The first kappa shape index (κ1) is 13.7. The summed E-state index contributed by atoms with van der Waals surface area (Å²) >= 11 is 0. The lowest BCUT2D eigenvalue weighted by molar-refractivity contribution is 0.0380. The molecule has 2 bridgehead atoms. The molecule has 0 aromatic heterocycles. The first-order valence-electron chi connectivity index (χ1n) is 6.95. The molecule has 2 aliphatic carbocycles. The molecule has 1 amide bonds. The van der Waals surface area contributed by atoms with Crippen molar-refractivity contribution < 1.29 is 14.6 Å². The number of ether oxygens (including phenoxy) is 1. The molecular formula is C14H25NO3. The highest BCUT2D eigenvalue weighted by Gasteiger charge is 2.50. The number of aliphatic hydroxyl groups is 1. The molecule has 0 heterocycles. The molecule has 2 aliphatic rings. The van der Waals surface area contributed by atoms with E-state index in [1.807, 2.05) is 20.8 Å². The molecule has 0 aromatic carbocycles. The van der Waals surface area contributed by atoms with E-state index in [0.29, 0.717) is 0 Å². The number of fused-ring (bicyclic) bond motifs is 2. The summed E-state index contributed by atoms with van der Waals surface area (Å²) < 4.78 is 5.27. The van der Waals surface area contributed by atoms with E-state index in [-0.39, 0.29) is 18.1 Å². The number of aliphatic hydroxyl groups excluding tert-OH is 1. The monoisotopic (exact) mass is 255 g/mol.